The molecule has 0 spiro atoms. The first-order valence-corrected chi connectivity index (χ1v) is 11.8. The number of benzene rings is 3. The summed E-state index contributed by atoms with van der Waals surface area (Å²) < 4.78 is 0. The molecular formula is C28H31N3O4. The Balaban J connectivity index is 1.50. The highest BCUT2D eigenvalue weighted by molar-refractivity contribution is 6.01. The Hall–Kier alpha value is -3.97. The van der Waals surface area contributed by atoms with Gasteiger partial charge < -0.3 is 5.32 Å². The van der Waals surface area contributed by atoms with E-state index < -0.39 is 0 Å². The molecular weight excluding hydrogens is 442 g/mol. The highest BCUT2D eigenvalue weighted by Gasteiger charge is 2.18. The number of hydrogen-bond donors (Lipinski definition) is 3. The summed E-state index contributed by atoms with van der Waals surface area (Å²) in [6, 6.07) is 26.5. The molecule has 0 aliphatic carbocycles. The van der Waals surface area contributed by atoms with E-state index in [0.717, 1.165) is 36.2 Å². The van der Waals surface area contributed by atoms with Crippen LogP contribution in [0.2, 0.25) is 0 Å². The van der Waals surface area contributed by atoms with Crippen molar-refractivity contribution in [1.29, 1.82) is 0 Å². The van der Waals surface area contributed by atoms with Crippen LogP contribution in [0.25, 0.3) is 0 Å². The molecule has 0 atom stereocenters. The molecule has 35 heavy (non-hydrogen) atoms. The van der Waals surface area contributed by atoms with Gasteiger partial charge in [-0.25, -0.2) is 5.48 Å². The number of para-hydroxylation sites is 2. The molecule has 7 heteroatoms. The Bertz CT molecular complexity index is 1050. The van der Waals surface area contributed by atoms with Crippen LogP contribution in [0.3, 0.4) is 0 Å². The Morgan fingerprint density at radius 2 is 1.17 bits per heavy atom. The molecule has 0 radical (unpaired) electrons. The van der Waals surface area contributed by atoms with Gasteiger partial charge in [-0.05, 0) is 54.8 Å². The number of amides is 3. The third-order valence-corrected chi connectivity index (χ3v) is 5.55. The van der Waals surface area contributed by atoms with Crippen molar-refractivity contribution >= 4 is 34.8 Å². The quantitative estimate of drug-likeness (QED) is 0.187. The first kappa shape index (κ1) is 25.6. The highest BCUT2D eigenvalue weighted by Crippen LogP contribution is 2.26. The van der Waals surface area contributed by atoms with Gasteiger partial charge in [0.15, 0.2) is 0 Å². The monoisotopic (exact) mass is 473 g/mol. The maximum absolute atomic E-state index is 13.2. The maximum Gasteiger partial charge on any atom is 0.243 e. The van der Waals surface area contributed by atoms with Crippen LogP contribution in [0.4, 0.5) is 17.1 Å². The molecule has 7 nitrogen and oxygen atoms in total. The van der Waals surface area contributed by atoms with Crippen molar-refractivity contribution < 1.29 is 19.6 Å². The van der Waals surface area contributed by atoms with Crippen molar-refractivity contribution in [2.45, 2.75) is 44.9 Å². The number of unbranched alkanes of at least 4 members (excludes halogenated alkanes) is 3. The lowest BCUT2D eigenvalue weighted by molar-refractivity contribution is -0.129. The summed E-state index contributed by atoms with van der Waals surface area (Å²) in [5.74, 6) is -0.502. The smallest absolute Gasteiger partial charge is 0.243 e. The summed E-state index contributed by atoms with van der Waals surface area (Å²) in [4.78, 5) is 38.1. The molecule has 0 saturated carbocycles. The van der Waals surface area contributed by atoms with Gasteiger partial charge >= 0.3 is 0 Å². The molecule has 3 aromatic carbocycles. The van der Waals surface area contributed by atoms with E-state index in [0.29, 0.717) is 18.5 Å². The molecule has 3 amide bonds. The van der Waals surface area contributed by atoms with Gasteiger partial charge in [0.2, 0.25) is 17.7 Å². The molecule has 3 aromatic rings. The van der Waals surface area contributed by atoms with E-state index in [1.165, 1.54) is 0 Å². The minimum Gasteiger partial charge on any atom is -0.326 e. The molecule has 0 aliphatic heterocycles. The van der Waals surface area contributed by atoms with Crippen LogP contribution in [-0.2, 0) is 20.8 Å². The number of nitrogens with zero attached hydrogens (tertiary/aromatic N) is 1. The molecule has 0 aromatic heterocycles. The number of rotatable bonds is 12. The summed E-state index contributed by atoms with van der Waals surface area (Å²) in [6.45, 7) is 0. The second-order valence-electron chi connectivity index (χ2n) is 8.27. The van der Waals surface area contributed by atoms with Gasteiger partial charge in [-0.2, -0.15) is 0 Å². The van der Waals surface area contributed by atoms with E-state index in [2.05, 4.69) is 5.32 Å². The standard InChI is InChI=1S/C28H31N3O4/c32-26(15-9-1-2-10-16-27(33)30-35)29-23-19-17-22(18-20-23)21-28(34)31(24-11-5-3-6-12-24)25-13-7-4-8-14-25/h3-8,11-14,17-20,35H,1-2,9-10,15-16,21H2,(H,29,32)(H,30,33). The fraction of sp³-hybridized carbons (Fsp3) is 0.250. The lowest BCUT2D eigenvalue weighted by atomic mass is 10.1. The molecule has 182 valence electrons. The van der Waals surface area contributed by atoms with Gasteiger partial charge in [0, 0.05) is 29.9 Å². The van der Waals surface area contributed by atoms with Crippen LogP contribution in [0.5, 0.6) is 0 Å². The zero-order valence-electron chi connectivity index (χ0n) is 19.7. The predicted octanol–water partition coefficient (Wildman–Crippen LogP) is 5.38. The second kappa shape index (κ2) is 13.7. The largest absolute Gasteiger partial charge is 0.326 e. The van der Waals surface area contributed by atoms with Crippen LogP contribution >= 0.6 is 0 Å². The third-order valence-electron chi connectivity index (χ3n) is 5.55. The molecule has 0 heterocycles. The Morgan fingerprint density at radius 3 is 1.69 bits per heavy atom. The van der Waals surface area contributed by atoms with Crippen LogP contribution in [0.1, 0.15) is 44.1 Å². The number of hydroxylamine groups is 1. The van der Waals surface area contributed by atoms with E-state index in [1.54, 1.807) is 10.4 Å². The van der Waals surface area contributed by atoms with E-state index in [4.69, 9.17) is 5.21 Å². The average molecular weight is 474 g/mol. The second-order valence-corrected chi connectivity index (χ2v) is 8.27. The molecule has 0 unspecified atom stereocenters. The van der Waals surface area contributed by atoms with Crippen molar-refractivity contribution in [2.24, 2.45) is 0 Å². The first-order chi connectivity index (χ1) is 17.1. The van der Waals surface area contributed by atoms with Crippen molar-refractivity contribution in [2.75, 3.05) is 10.2 Å². The van der Waals surface area contributed by atoms with Gasteiger partial charge in [0.05, 0.1) is 6.42 Å². The SMILES string of the molecule is O=C(CCCCCCC(=O)Nc1ccc(CC(=O)N(c2ccccc2)c2ccccc2)cc1)NO. The Kier molecular flexibility index (Phi) is 10.0. The van der Waals surface area contributed by atoms with Crippen molar-refractivity contribution in [1.82, 2.24) is 5.48 Å². The van der Waals surface area contributed by atoms with Crippen LogP contribution in [-0.4, -0.2) is 22.9 Å². The predicted molar refractivity (Wildman–Crippen MR) is 136 cm³/mol. The number of carbonyl (C=O) groups is 3. The summed E-state index contributed by atoms with van der Waals surface area (Å²) >= 11 is 0. The lowest BCUT2D eigenvalue weighted by Crippen LogP contribution is -2.27. The minimum absolute atomic E-state index is 0.0457. The molecule has 0 fully saturated rings. The maximum atomic E-state index is 13.2. The van der Waals surface area contributed by atoms with Crippen molar-refractivity contribution in [3.05, 3.63) is 90.5 Å². The van der Waals surface area contributed by atoms with E-state index in [1.807, 2.05) is 84.9 Å². The molecule has 0 aliphatic rings. The Morgan fingerprint density at radius 1 is 0.657 bits per heavy atom. The van der Waals surface area contributed by atoms with Gasteiger partial charge in [0.1, 0.15) is 0 Å². The average Bonchev–Trinajstić information content (AvgIpc) is 2.88. The van der Waals surface area contributed by atoms with Crippen LogP contribution in [0.15, 0.2) is 84.9 Å². The topological polar surface area (TPSA) is 98.7 Å². The number of nitrogens with one attached hydrogen (secondary N) is 2. The summed E-state index contributed by atoms with van der Waals surface area (Å²) in [5.41, 5.74) is 4.78. The van der Waals surface area contributed by atoms with Crippen LogP contribution in [0, 0.1) is 0 Å². The molecule has 3 rings (SSSR count). The van der Waals surface area contributed by atoms with Gasteiger partial charge in [-0.3, -0.25) is 24.5 Å². The highest BCUT2D eigenvalue weighted by atomic mass is 16.5. The van der Waals surface area contributed by atoms with Gasteiger partial charge in [-0.1, -0.05) is 61.4 Å². The molecule has 3 N–H and O–H groups in total. The number of carbonyl (C=O) groups excluding carboxylic acids is 3. The van der Waals surface area contributed by atoms with E-state index in [-0.39, 0.29) is 30.6 Å². The minimum atomic E-state index is -0.388. The summed E-state index contributed by atoms with van der Waals surface area (Å²) in [5, 5.41) is 11.3. The summed E-state index contributed by atoms with van der Waals surface area (Å²) in [6.07, 6.45) is 3.99. The zero-order valence-corrected chi connectivity index (χ0v) is 19.7. The van der Waals surface area contributed by atoms with Crippen molar-refractivity contribution in [3.8, 4) is 0 Å². The molecule has 0 bridgehead atoms. The van der Waals surface area contributed by atoms with Crippen LogP contribution < -0.4 is 15.7 Å². The number of hydrogen-bond acceptors (Lipinski definition) is 4. The van der Waals surface area contributed by atoms with E-state index >= 15 is 0 Å². The fourth-order valence-electron chi connectivity index (χ4n) is 3.75. The normalized spacial score (nSPS) is 10.4. The summed E-state index contributed by atoms with van der Waals surface area (Å²) in [7, 11) is 0. The van der Waals surface area contributed by atoms with Crippen molar-refractivity contribution in [3.63, 3.8) is 0 Å². The molecule has 0 saturated heterocycles. The van der Waals surface area contributed by atoms with E-state index in [9.17, 15) is 14.4 Å². The lowest BCUT2D eigenvalue weighted by Gasteiger charge is -2.23. The van der Waals surface area contributed by atoms with Gasteiger partial charge in [-0.15, -0.1) is 0 Å². The number of anilines is 3. The Labute approximate surface area is 205 Å². The zero-order chi connectivity index (χ0) is 24.9. The first-order valence-electron chi connectivity index (χ1n) is 11.8. The fourth-order valence-corrected chi connectivity index (χ4v) is 3.75. The third kappa shape index (κ3) is 8.39. The van der Waals surface area contributed by atoms with Gasteiger partial charge in [0.25, 0.3) is 0 Å².